The molecule has 0 saturated heterocycles. The zero-order valence-corrected chi connectivity index (χ0v) is 14.4. The Morgan fingerprint density at radius 3 is 2.62 bits per heavy atom. The van der Waals surface area contributed by atoms with Crippen LogP contribution in [-0.2, 0) is 21.2 Å². The smallest absolute Gasteiger partial charge is 0.321 e. The lowest BCUT2D eigenvalue weighted by atomic mass is 10.3. The Balaban J connectivity index is 2.19. The Bertz CT molecular complexity index is 857. The summed E-state index contributed by atoms with van der Waals surface area (Å²) in [5.41, 5.74) is 0.984. The number of amides is 3. The first-order valence-corrected chi connectivity index (χ1v) is 9.45. The lowest BCUT2D eigenvalue weighted by Gasteiger charge is -2.09. The highest BCUT2D eigenvalue weighted by atomic mass is 32.2. The average molecular weight is 352 g/mol. The number of rotatable bonds is 6. The van der Waals surface area contributed by atoms with Crippen LogP contribution in [0.25, 0.3) is 11.0 Å². The van der Waals surface area contributed by atoms with Crippen LogP contribution in [0.3, 0.4) is 0 Å². The first-order chi connectivity index (χ1) is 11.3. The Morgan fingerprint density at radius 2 is 1.96 bits per heavy atom. The second kappa shape index (κ2) is 7.43. The van der Waals surface area contributed by atoms with Gasteiger partial charge in [-0.25, -0.2) is 18.2 Å². The van der Waals surface area contributed by atoms with Crippen molar-refractivity contribution in [3.63, 3.8) is 0 Å². The molecule has 9 heteroatoms. The Hall–Kier alpha value is -2.42. The molecule has 1 aromatic heterocycles. The number of benzene rings is 1. The van der Waals surface area contributed by atoms with Crippen LogP contribution in [0.5, 0.6) is 0 Å². The zero-order chi connectivity index (χ0) is 17.7. The highest BCUT2D eigenvalue weighted by Gasteiger charge is 2.21. The summed E-state index contributed by atoms with van der Waals surface area (Å²) in [7, 11) is -3.62. The molecule has 0 aliphatic rings. The van der Waals surface area contributed by atoms with Crippen LogP contribution in [0, 0.1) is 0 Å². The van der Waals surface area contributed by atoms with Gasteiger partial charge in [-0.2, -0.15) is 0 Å². The van der Waals surface area contributed by atoms with Crippen molar-refractivity contribution in [3.8, 4) is 0 Å². The number of urea groups is 1. The number of fused-ring (bicyclic) bond motifs is 1. The van der Waals surface area contributed by atoms with Crippen LogP contribution in [0.2, 0.25) is 0 Å². The Labute approximate surface area is 140 Å². The van der Waals surface area contributed by atoms with Crippen molar-refractivity contribution in [2.45, 2.75) is 31.5 Å². The molecule has 0 spiro atoms. The molecule has 0 atom stereocenters. The lowest BCUT2D eigenvalue weighted by molar-refractivity contribution is -0.120. The van der Waals surface area contributed by atoms with Gasteiger partial charge in [0.1, 0.15) is 6.54 Å². The minimum atomic E-state index is -3.62. The maximum Gasteiger partial charge on any atom is 0.321 e. The third kappa shape index (κ3) is 4.31. The van der Waals surface area contributed by atoms with Crippen molar-refractivity contribution in [2.24, 2.45) is 0 Å². The fraction of sp³-hybridized carbons (Fsp3) is 0.400. The van der Waals surface area contributed by atoms with Gasteiger partial charge < -0.3 is 9.88 Å². The van der Waals surface area contributed by atoms with Gasteiger partial charge in [0.15, 0.2) is 0 Å². The molecule has 0 radical (unpaired) electrons. The standard InChI is InChI=1S/C15H20N4O4S/c1-3-4-9-16-14(21)18-13(20)10-19-12-8-6-5-7-11(12)17-15(19)24(2,22)23/h5-8H,3-4,9-10H2,1-2H3,(H2,16,18,20,21). The number of imidazole rings is 1. The number of imide groups is 1. The fourth-order valence-electron chi connectivity index (χ4n) is 2.22. The second-order valence-electron chi connectivity index (χ2n) is 5.40. The lowest BCUT2D eigenvalue weighted by Crippen LogP contribution is -2.41. The number of sulfone groups is 1. The maximum absolute atomic E-state index is 12.1. The molecule has 0 unspecified atom stereocenters. The molecule has 2 aromatic rings. The van der Waals surface area contributed by atoms with E-state index in [0.717, 1.165) is 19.1 Å². The van der Waals surface area contributed by atoms with Crippen molar-refractivity contribution in [3.05, 3.63) is 24.3 Å². The van der Waals surface area contributed by atoms with E-state index in [1.54, 1.807) is 24.3 Å². The molecule has 130 valence electrons. The number of aromatic nitrogens is 2. The summed E-state index contributed by atoms with van der Waals surface area (Å²) < 4.78 is 25.1. The van der Waals surface area contributed by atoms with E-state index in [-0.39, 0.29) is 11.7 Å². The number of carbonyl (C=O) groups is 2. The third-order valence-electron chi connectivity index (χ3n) is 3.32. The fourth-order valence-corrected chi connectivity index (χ4v) is 3.05. The van der Waals surface area contributed by atoms with Crippen LogP contribution in [-0.4, -0.2) is 42.7 Å². The van der Waals surface area contributed by atoms with Crippen molar-refractivity contribution in [1.82, 2.24) is 20.2 Å². The predicted octanol–water partition coefficient (Wildman–Crippen LogP) is 1.07. The summed E-state index contributed by atoms with van der Waals surface area (Å²) in [5.74, 6) is -0.614. The van der Waals surface area contributed by atoms with E-state index in [9.17, 15) is 18.0 Å². The summed E-state index contributed by atoms with van der Waals surface area (Å²) >= 11 is 0. The van der Waals surface area contributed by atoms with Crippen LogP contribution < -0.4 is 10.6 Å². The molecule has 1 aromatic carbocycles. The van der Waals surface area contributed by atoms with Crippen molar-refractivity contribution < 1.29 is 18.0 Å². The molecule has 2 rings (SSSR count). The third-order valence-corrected chi connectivity index (χ3v) is 4.30. The van der Waals surface area contributed by atoms with Gasteiger partial charge in [-0.1, -0.05) is 25.5 Å². The molecular weight excluding hydrogens is 332 g/mol. The van der Waals surface area contributed by atoms with Crippen molar-refractivity contribution >= 4 is 32.8 Å². The number of nitrogens with one attached hydrogen (secondary N) is 2. The summed E-state index contributed by atoms with van der Waals surface area (Å²) in [6.45, 7) is 2.14. The van der Waals surface area contributed by atoms with E-state index in [1.165, 1.54) is 4.57 Å². The molecule has 1 heterocycles. The molecule has 8 nitrogen and oxygen atoms in total. The summed E-state index contributed by atoms with van der Waals surface area (Å²) in [4.78, 5) is 27.7. The first-order valence-electron chi connectivity index (χ1n) is 7.56. The number of carbonyl (C=O) groups excluding carboxylic acids is 2. The van der Waals surface area contributed by atoms with Crippen molar-refractivity contribution in [2.75, 3.05) is 12.8 Å². The molecule has 0 fully saturated rings. The SMILES string of the molecule is CCCCNC(=O)NC(=O)Cn1c(S(C)(=O)=O)nc2ccccc21. The van der Waals surface area contributed by atoms with Gasteiger partial charge in [0.25, 0.3) is 0 Å². The Morgan fingerprint density at radius 1 is 1.25 bits per heavy atom. The number of para-hydroxylation sites is 2. The van der Waals surface area contributed by atoms with Gasteiger partial charge in [0, 0.05) is 12.8 Å². The van der Waals surface area contributed by atoms with Crippen LogP contribution in [0.4, 0.5) is 4.79 Å². The molecule has 0 aliphatic heterocycles. The van der Waals surface area contributed by atoms with Crippen LogP contribution in [0.1, 0.15) is 19.8 Å². The molecule has 3 amide bonds. The molecule has 2 N–H and O–H groups in total. The largest absolute Gasteiger partial charge is 0.338 e. The van der Waals surface area contributed by atoms with Gasteiger partial charge in [-0.3, -0.25) is 10.1 Å². The predicted molar refractivity (Wildman–Crippen MR) is 89.3 cm³/mol. The van der Waals surface area contributed by atoms with E-state index >= 15 is 0 Å². The van der Waals surface area contributed by atoms with E-state index in [2.05, 4.69) is 15.6 Å². The number of hydrogen-bond donors (Lipinski definition) is 2. The molecule has 0 bridgehead atoms. The quantitative estimate of drug-likeness (QED) is 0.756. The first kappa shape index (κ1) is 17.9. The van der Waals surface area contributed by atoms with Crippen LogP contribution in [0.15, 0.2) is 29.4 Å². The van der Waals surface area contributed by atoms with Crippen molar-refractivity contribution in [1.29, 1.82) is 0 Å². The minimum Gasteiger partial charge on any atom is -0.338 e. The molecule has 0 saturated carbocycles. The number of unbranched alkanes of at least 4 members (excludes halogenated alkanes) is 1. The molecule has 24 heavy (non-hydrogen) atoms. The topological polar surface area (TPSA) is 110 Å². The summed E-state index contributed by atoms with van der Waals surface area (Å²) in [6, 6.07) is 6.19. The molecular formula is C15H20N4O4S. The maximum atomic E-state index is 12.1. The normalized spacial score (nSPS) is 11.4. The highest BCUT2D eigenvalue weighted by molar-refractivity contribution is 7.90. The molecule has 0 aliphatic carbocycles. The Kier molecular flexibility index (Phi) is 5.55. The van der Waals surface area contributed by atoms with Gasteiger partial charge >= 0.3 is 6.03 Å². The van der Waals surface area contributed by atoms with Gasteiger partial charge in [0.05, 0.1) is 11.0 Å². The summed E-state index contributed by atoms with van der Waals surface area (Å²) in [5, 5.41) is 4.55. The number of hydrogen-bond acceptors (Lipinski definition) is 5. The monoisotopic (exact) mass is 352 g/mol. The van der Waals surface area contributed by atoms with Gasteiger partial charge in [-0.15, -0.1) is 0 Å². The number of nitrogens with zero attached hydrogens (tertiary/aromatic N) is 2. The van der Waals surface area contributed by atoms with Gasteiger partial charge in [-0.05, 0) is 18.6 Å². The average Bonchev–Trinajstić information content (AvgIpc) is 2.86. The van der Waals surface area contributed by atoms with E-state index in [1.807, 2.05) is 6.92 Å². The van der Waals surface area contributed by atoms with E-state index < -0.39 is 21.8 Å². The van der Waals surface area contributed by atoms with Gasteiger partial charge in [0.2, 0.25) is 20.9 Å². The van der Waals surface area contributed by atoms with E-state index in [0.29, 0.717) is 17.6 Å². The second-order valence-corrected chi connectivity index (χ2v) is 7.31. The minimum absolute atomic E-state index is 0.203. The van der Waals surface area contributed by atoms with Crippen LogP contribution >= 0.6 is 0 Å². The highest BCUT2D eigenvalue weighted by Crippen LogP contribution is 2.19. The summed E-state index contributed by atoms with van der Waals surface area (Å²) in [6.07, 6.45) is 2.76. The zero-order valence-electron chi connectivity index (χ0n) is 13.6. The van der Waals surface area contributed by atoms with E-state index in [4.69, 9.17) is 0 Å².